The molecule has 3 heterocycles. The van der Waals surface area contributed by atoms with Gasteiger partial charge in [0.1, 0.15) is 11.5 Å². The number of hydrogen-bond donors (Lipinski definition) is 2. The fourth-order valence-corrected chi connectivity index (χ4v) is 2.90. The Morgan fingerprint density at radius 2 is 2.27 bits per heavy atom. The van der Waals surface area contributed by atoms with E-state index in [0.29, 0.717) is 17.3 Å². The molecule has 1 fully saturated rings. The number of rotatable bonds is 3. The predicted molar refractivity (Wildman–Crippen MR) is 84.8 cm³/mol. The number of nitrogens with zero attached hydrogens (tertiary/aromatic N) is 3. The second-order valence-corrected chi connectivity index (χ2v) is 5.74. The van der Waals surface area contributed by atoms with E-state index in [4.69, 9.17) is 5.73 Å². The lowest BCUT2D eigenvalue weighted by Crippen LogP contribution is -2.16. The first-order chi connectivity index (χ1) is 10.7. The number of nitrogens with one attached hydrogen (secondary N) is 1. The van der Waals surface area contributed by atoms with Crippen LogP contribution in [0.25, 0.3) is 0 Å². The van der Waals surface area contributed by atoms with E-state index in [0.717, 1.165) is 37.9 Å². The number of anilines is 1. The smallest absolute Gasteiger partial charge is 0.217 e. The molecule has 116 valence electrons. The van der Waals surface area contributed by atoms with E-state index in [1.165, 1.54) is 0 Å². The molecule has 1 unspecified atom stereocenters. The molecule has 6 nitrogen and oxygen atoms in total. The summed E-state index contributed by atoms with van der Waals surface area (Å²) >= 11 is 0. The lowest BCUT2D eigenvalue weighted by Gasteiger charge is -2.13. The lowest BCUT2D eigenvalue weighted by molar-refractivity contribution is 0.103. The van der Waals surface area contributed by atoms with Crippen molar-refractivity contribution in [3.05, 3.63) is 41.3 Å². The van der Waals surface area contributed by atoms with Gasteiger partial charge >= 0.3 is 0 Å². The van der Waals surface area contributed by atoms with Crippen molar-refractivity contribution in [2.24, 2.45) is 0 Å². The van der Waals surface area contributed by atoms with Crippen LogP contribution in [0.3, 0.4) is 0 Å². The minimum Gasteiger partial charge on any atom is -0.383 e. The second-order valence-electron chi connectivity index (χ2n) is 5.74. The van der Waals surface area contributed by atoms with Gasteiger partial charge in [-0.05, 0) is 57.0 Å². The Kier molecular flexibility index (Phi) is 4.20. The van der Waals surface area contributed by atoms with Gasteiger partial charge in [0.2, 0.25) is 5.78 Å². The van der Waals surface area contributed by atoms with Gasteiger partial charge in [-0.1, -0.05) is 0 Å². The first-order valence-corrected chi connectivity index (χ1v) is 7.68. The molecule has 0 bridgehead atoms. The largest absolute Gasteiger partial charge is 0.383 e. The molecule has 1 aliphatic heterocycles. The third-order valence-electron chi connectivity index (χ3n) is 4.13. The van der Waals surface area contributed by atoms with Crippen LogP contribution in [0.1, 0.15) is 46.9 Å². The van der Waals surface area contributed by atoms with Gasteiger partial charge in [-0.25, -0.2) is 4.98 Å². The van der Waals surface area contributed by atoms with E-state index in [2.05, 4.69) is 15.4 Å². The number of nitrogens with two attached hydrogens (primary N) is 1. The number of nitrogen functional groups attached to an aromatic ring is 1. The van der Waals surface area contributed by atoms with Crippen LogP contribution in [0.2, 0.25) is 0 Å². The molecule has 0 aromatic carbocycles. The molecule has 1 atom stereocenters. The monoisotopic (exact) mass is 299 g/mol. The Balaban J connectivity index is 1.89. The molecule has 2 aromatic rings. The van der Waals surface area contributed by atoms with Crippen molar-refractivity contribution in [1.29, 1.82) is 0 Å². The Hall–Kier alpha value is -2.21. The van der Waals surface area contributed by atoms with Crippen molar-refractivity contribution in [2.45, 2.75) is 32.2 Å². The van der Waals surface area contributed by atoms with Crippen LogP contribution in [0.4, 0.5) is 5.82 Å². The van der Waals surface area contributed by atoms with Crippen LogP contribution in [0.15, 0.2) is 24.5 Å². The molecule has 0 amide bonds. The van der Waals surface area contributed by atoms with Crippen LogP contribution < -0.4 is 11.1 Å². The molecule has 2 aromatic heterocycles. The zero-order valence-corrected chi connectivity index (χ0v) is 12.7. The second kappa shape index (κ2) is 6.27. The van der Waals surface area contributed by atoms with Crippen molar-refractivity contribution in [3.63, 3.8) is 0 Å². The van der Waals surface area contributed by atoms with Crippen molar-refractivity contribution < 1.29 is 4.79 Å². The number of carbonyl (C=O) groups is 1. The minimum atomic E-state index is -0.159. The van der Waals surface area contributed by atoms with E-state index in [1.54, 1.807) is 18.3 Å². The summed E-state index contributed by atoms with van der Waals surface area (Å²) in [6, 6.07) is 3.76. The summed E-state index contributed by atoms with van der Waals surface area (Å²) in [5.74, 6) is 0.0914. The summed E-state index contributed by atoms with van der Waals surface area (Å²) in [7, 11) is 0. The van der Waals surface area contributed by atoms with Gasteiger partial charge in [0.15, 0.2) is 0 Å². The molecule has 0 saturated carbocycles. The topological polar surface area (TPSA) is 85.8 Å². The van der Waals surface area contributed by atoms with Crippen LogP contribution in [-0.2, 0) is 0 Å². The van der Waals surface area contributed by atoms with E-state index in [9.17, 15) is 4.79 Å². The molecule has 22 heavy (non-hydrogen) atoms. The average Bonchev–Trinajstić information content (AvgIpc) is 2.74. The third-order valence-corrected chi connectivity index (χ3v) is 4.13. The standard InChI is InChI=1S/C16H21N5O/c1-11-10-21(12-4-2-7-18-9-6-12)20-14(11)15(22)13-5-3-8-19-16(13)17/h3,5,8,10,12,18H,2,4,6-7,9H2,1H3,(H2,17,19). The first kappa shape index (κ1) is 14.7. The highest BCUT2D eigenvalue weighted by Crippen LogP contribution is 2.22. The zero-order valence-electron chi connectivity index (χ0n) is 12.7. The highest BCUT2D eigenvalue weighted by Gasteiger charge is 2.22. The number of hydrogen-bond acceptors (Lipinski definition) is 5. The highest BCUT2D eigenvalue weighted by atomic mass is 16.1. The molecular formula is C16H21N5O. The molecular weight excluding hydrogens is 278 g/mol. The summed E-state index contributed by atoms with van der Waals surface area (Å²) in [4.78, 5) is 16.6. The molecule has 3 N–H and O–H groups in total. The SMILES string of the molecule is Cc1cn(C2CCCNCC2)nc1C(=O)c1cccnc1N. The van der Waals surface area contributed by atoms with Gasteiger partial charge < -0.3 is 11.1 Å². The van der Waals surface area contributed by atoms with Crippen LogP contribution in [-0.4, -0.2) is 33.6 Å². The van der Waals surface area contributed by atoms with Crippen molar-refractivity contribution >= 4 is 11.6 Å². The Bertz CT molecular complexity index is 671. The molecule has 0 aliphatic carbocycles. The first-order valence-electron chi connectivity index (χ1n) is 7.68. The number of pyridine rings is 1. The summed E-state index contributed by atoms with van der Waals surface area (Å²) in [6.45, 7) is 3.95. The van der Waals surface area contributed by atoms with Gasteiger partial charge in [0.05, 0.1) is 11.6 Å². The summed E-state index contributed by atoms with van der Waals surface area (Å²) < 4.78 is 1.95. The maximum absolute atomic E-state index is 12.6. The van der Waals surface area contributed by atoms with E-state index in [1.807, 2.05) is 17.8 Å². The zero-order chi connectivity index (χ0) is 15.5. The fraction of sp³-hybridized carbons (Fsp3) is 0.438. The van der Waals surface area contributed by atoms with Crippen LogP contribution >= 0.6 is 0 Å². The molecule has 0 spiro atoms. The summed E-state index contributed by atoms with van der Waals surface area (Å²) in [5, 5.41) is 7.94. The van der Waals surface area contributed by atoms with Crippen LogP contribution in [0.5, 0.6) is 0 Å². The summed E-state index contributed by atoms with van der Waals surface area (Å²) in [5.41, 5.74) is 7.57. The van der Waals surface area contributed by atoms with E-state index < -0.39 is 0 Å². The van der Waals surface area contributed by atoms with Gasteiger partial charge in [0, 0.05) is 12.4 Å². The van der Waals surface area contributed by atoms with Gasteiger partial charge in [-0.15, -0.1) is 0 Å². The average molecular weight is 299 g/mol. The predicted octanol–water partition coefficient (Wildman–Crippen LogP) is 1.71. The quantitative estimate of drug-likeness (QED) is 0.843. The molecule has 1 aliphatic rings. The Morgan fingerprint density at radius 3 is 3.09 bits per heavy atom. The molecule has 0 radical (unpaired) electrons. The molecule has 6 heteroatoms. The lowest BCUT2D eigenvalue weighted by atomic mass is 10.1. The normalized spacial score (nSPS) is 18.9. The molecule has 1 saturated heterocycles. The van der Waals surface area contributed by atoms with E-state index in [-0.39, 0.29) is 11.6 Å². The number of aryl methyl sites for hydroxylation is 1. The van der Waals surface area contributed by atoms with Crippen LogP contribution in [0, 0.1) is 6.92 Å². The highest BCUT2D eigenvalue weighted by molar-refractivity contribution is 6.11. The van der Waals surface area contributed by atoms with Gasteiger partial charge in [0.25, 0.3) is 0 Å². The Morgan fingerprint density at radius 1 is 1.41 bits per heavy atom. The number of aromatic nitrogens is 3. The number of ketones is 1. The Labute approximate surface area is 129 Å². The maximum Gasteiger partial charge on any atom is 0.217 e. The number of carbonyl (C=O) groups excluding carboxylic acids is 1. The van der Waals surface area contributed by atoms with E-state index >= 15 is 0 Å². The molecule has 3 rings (SSSR count). The third kappa shape index (κ3) is 2.87. The van der Waals surface area contributed by atoms with Gasteiger partial charge in [-0.3, -0.25) is 9.48 Å². The minimum absolute atomic E-state index is 0.159. The van der Waals surface area contributed by atoms with Crippen molar-refractivity contribution in [3.8, 4) is 0 Å². The van der Waals surface area contributed by atoms with Crippen molar-refractivity contribution in [2.75, 3.05) is 18.8 Å². The maximum atomic E-state index is 12.6. The fourth-order valence-electron chi connectivity index (χ4n) is 2.90. The van der Waals surface area contributed by atoms with Gasteiger partial charge in [-0.2, -0.15) is 5.10 Å². The summed E-state index contributed by atoms with van der Waals surface area (Å²) in [6.07, 6.45) is 6.79. The van der Waals surface area contributed by atoms with Crippen molar-refractivity contribution in [1.82, 2.24) is 20.1 Å².